The van der Waals surface area contributed by atoms with Gasteiger partial charge in [-0.15, -0.1) is 0 Å². The Kier molecular flexibility index (Phi) is 2.92. The fraction of sp³-hybridized carbons (Fsp3) is 0.429. The second-order valence-electron chi connectivity index (χ2n) is 4.41. The molecule has 0 fully saturated rings. The first-order chi connectivity index (χ1) is 7.22. The molecule has 2 atom stereocenters. The molecule has 0 amide bonds. The molecule has 2 rings (SSSR count). The van der Waals surface area contributed by atoms with Crippen LogP contribution in [0.25, 0.3) is 0 Å². The van der Waals surface area contributed by atoms with Crippen LogP contribution in [0, 0.1) is 5.92 Å². The third-order valence-electron chi connectivity index (χ3n) is 3.35. The van der Waals surface area contributed by atoms with Crippen molar-refractivity contribution in [3.05, 3.63) is 47.5 Å². The van der Waals surface area contributed by atoms with Crippen molar-refractivity contribution in [1.29, 1.82) is 0 Å². The van der Waals surface area contributed by atoms with Crippen LogP contribution in [0.2, 0.25) is 0 Å². The number of methoxy groups -OCH3 is 1. The van der Waals surface area contributed by atoms with E-state index in [2.05, 4.69) is 37.8 Å². The molecule has 1 aliphatic carbocycles. The fourth-order valence-corrected chi connectivity index (χ4v) is 2.37. The first kappa shape index (κ1) is 10.4. The highest BCUT2D eigenvalue weighted by atomic mass is 16.5. The lowest BCUT2D eigenvalue weighted by molar-refractivity contribution is 0.0769. The second-order valence-corrected chi connectivity index (χ2v) is 4.41. The summed E-state index contributed by atoms with van der Waals surface area (Å²) in [5, 5.41) is 0. The van der Waals surface area contributed by atoms with Crippen LogP contribution < -0.4 is 0 Å². The molecule has 1 aliphatic rings. The van der Waals surface area contributed by atoms with E-state index in [1.807, 2.05) is 0 Å². The van der Waals surface area contributed by atoms with Gasteiger partial charge in [0.15, 0.2) is 0 Å². The molecule has 0 unspecified atom stereocenters. The highest BCUT2D eigenvalue weighted by Crippen LogP contribution is 2.37. The third-order valence-corrected chi connectivity index (χ3v) is 3.35. The van der Waals surface area contributed by atoms with E-state index < -0.39 is 0 Å². The van der Waals surface area contributed by atoms with E-state index in [4.69, 9.17) is 4.74 Å². The van der Waals surface area contributed by atoms with E-state index >= 15 is 0 Å². The summed E-state index contributed by atoms with van der Waals surface area (Å²) in [6.45, 7) is 6.18. The van der Waals surface area contributed by atoms with Gasteiger partial charge in [0.05, 0.1) is 6.10 Å². The maximum atomic E-state index is 5.56. The minimum atomic E-state index is 0.247. The first-order valence-corrected chi connectivity index (χ1v) is 5.48. The highest BCUT2D eigenvalue weighted by Gasteiger charge is 2.26. The predicted octanol–water partition coefficient (Wildman–Crippen LogP) is 3.51. The molecular formula is C14H18O. The Hall–Kier alpha value is -1.08. The molecule has 0 N–H and O–H groups in total. The van der Waals surface area contributed by atoms with Gasteiger partial charge in [-0.2, -0.15) is 0 Å². The van der Waals surface area contributed by atoms with Crippen molar-refractivity contribution in [3.63, 3.8) is 0 Å². The van der Waals surface area contributed by atoms with Crippen LogP contribution in [0.4, 0.5) is 0 Å². The summed E-state index contributed by atoms with van der Waals surface area (Å²) in [6.07, 6.45) is 2.44. The second kappa shape index (κ2) is 4.19. The average Bonchev–Trinajstić information content (AvgIpc) is 2.27. The molecule has 1 aromatic carbocycles. The lowest BCUT2D eigenvalue weighted by Crippen LogP contribution is -2.20. The minimum absolute atomic E-state index is 0.247. The number of hydrogen-bond acceptors (Lipinski definition) is 1. The zero-order valence-electron chi connectivity index (χ0n) is 9.49. The smallest absolute Gasteiger partial charge is 0.0829 e. The van der Waals surface area contributed by atoms with Gasteiger partial charge in [-0.25, -0.2) is 0 Å². The maximum absolute atomic E-state index is 5.56. The zero-order valence-corrected chi connectivity index (χ0v) is 9.49. The van der Waals surface area contributed by atoms with Crippen molar-refractivity contribution in [2.75, 3.05) is 7.11 Å². The molecule has 0 spiro atoms. The van der Waals surface area contributed by atoms with E-state index in [1.165, 1.54) is 16.7 Å². The van der Waals surface area contributed by atoms with Gasteiger partial charge in [0.2, 0.25) is 0 Å². The number of fused-ring (bicyclic) bond motifs is 1. The lowest BCUT2D eigenvalue weighted by Gasteiger charge is -2.31. The molecule has 1 heteroatoms. The van der Waals surface area contributed by atoms with Gasteiger partial charge < -0.3 is 4.74 Å². The molecule has 0 saturated heterocycles. The van der Waals surface area contributed by atoms with E-state index in [0.717, 1.165) is 12.8 Å². The van der Waals surface area contributed by atoms with Crippen LogP contribution in [0.3, 0.4) is 0 Å². The van der Waals surface area contributed by atoms with Gasteiger partial charge >= 0.3 is 0 Å². The van der Waals surface area contributed by atoms with Crippen molar-refractivity contribution in [2.24, 2.45) is 5.92 Å². The Balaban J connectivity index is 2.34. The number of rotatable bonds is 2. The molecule has 0 aliphatic heterocycles. The number of hydrogen-bond donors (Lipinski definition) is 0. The minimum Gasteiger partial charge on any atom is -0.377 e. The topological polar surface area (TPSA) is 9.23 Å². The summed E-state index contributed by atoms with van der Waals surface area (Å²) in [4.78, 5) is 0. The van der Waals surface area contributed by atoms with E-state index in [0.29, 0.717) is 5.92 Å². The number of benzene rings is 1. The standard InChI is InChI=1S/C14H18O/c1-10(2)12-8-11-6-4-5-7-13(11)14(9-12)15-3/h4-7,12,14H,1,8-9H2,2-3H3/t12-,14+/m1/s1. The van der Waals surface area contributed by atoms with Crippen LogP contribution in [0.1, 0.15) is 30.6 Å². The molecule has 1 aromatic rings. The normalized spacial score (nSPS) is 24.7. The largest absolute Gasteiger partial charge is 0.377 e. The first-order valence-electron chi connectivity index (χ1n) is 5.48. The van der Waals surface area contributed by atoms with Crippen LogP contribution in [0.15, 0.2) is 36.4 Å². The van der Waals surface area contributed by atoms with Gasteiger partial charge in [0.25, 0.3) is 0 Å². The number of allylic oxidation sites excluding steroid dienone is 1. The van der Waals surface area contributed by atoms with Crippen LogP contribution in [0.5, 0.6) is 0 Å². The van der Waals surface area contributed by atoms with Crippen LogP contribution in [-0.2, 0) is 11.2 Å². The predicted molar refractivity (Wildman–Crippen MR) is 62.8 cm³/mol. The Morgan fingerprint density at radius 2 is 2.13 bits per heavy atom. The highest BCUT2D eigenvalue weighted by molar-refractivity contribution is 5.33. The van der Waals surface area contributed by atoms with Crippen LogP contribution >= 0.6 is 0 Å². The molecular weight excluding hydrogens is 184 g/mol. The van der Waals surface area contributed by atoms with Gasteiger partial charge in [0.1, 0.15) is 0 Å². The molecule has 0 heterocycles. The Morgan fingerprint density at radius 1 is 1.40 bits per heavy atom. The molecule has 0 radical (unpaired) electrons. The summed E-state index contributed by atoms with van der Waals surface area (Å²) in [5.41, 5.74) is 4.05. The molecule has 0 aromatic heterocycles. The summed E-state index contributed by atoms with van der Waals surface area (Å²) < 4.78 is 5.56. The molecule has 1 nitrogen and oxygen atoms in total. The molecule has 0 saturated carbocycles. The SMILES string of the molecule is C=C(C)[C@@H]1Cc2ccccc2[C@@H](OC)C1. The fourth-order valence-electron chi connectivity index (χ4n) is 2.37. The Labute approximate surface area is 91.8 Å². The third kappa shape index (κ3) is 1.98. The monoisotopic (exact) mass is 202 g/mol. The summed E-state index contributed by atoms with van der Waals surface area (Å²) >= 11 is 0. The van der Waals surface area contributed by atoms with Crippen molar-refractivity contribution in [3.8, 4) is 0 Å². The summed E-state index contributed by atoms with van der Waals surface area (Å²) in [6, 6.07) is 8.58. The van der Waals surface area contributed by atoms with E-state index in [9.17, 15) is 0 Å². The van der Waals surface area contributed by atoms with Crippen LogP contribution in [-0.4, -0.2) is 7.11 Å². The van der Waals surface area contributed by atoms with Crippen molar-refractivity contribution in [2.45, 2.75) is 25.9 Å². The Morgan fingerprint density at radius 3 is 2.80 bits per heavy atom. The number of ether oxygens (including phenoxy) is 1. The molecule has 15 heavy (non-hydrogen) atoms. The van der Waals surface area contributed by atoms with Crippen molar-refractivity contribution >= 4 is 0 Å². The molecule has 0 bridgehead atoms. The summed E-state index contributed by atoms with van der Waals surface area (Å²) in [7, 11) is 1.79. The van der Waals surface area contributed by atoms with E-state index in [-0.39, 0.29) is 6.10 Å². The molecule has 80 valence electrons. The lowest BCUT2D eigenvalue weighted by atomic mass is 9.79. The average molecular weight is 202 g/mol. The van der Waals surface area contributed by atoms with E-state index in [1.54, 1.807) is 7.11 Å². The van der Waals surface area contributed by atoms with Gasteiger partial charge in [-0.05, 0) is 36.8 Å². The van der Waals surface area contributed by atoms with Crippen molar-refractivity contribution < 1.29 is 4.74 Å². The van der Waals surface area contributed by atoms with Gasteiger partial charge in [-0.1, -0.05) is 36.4 Å². The summed E-state index contributed by atoms with van der Waals surface area (Å²) in [5.74, 6) is 0.574. The maximum Gasteiger partial charge on any atom is 0.0829 e. The van der Waals surface area contributed by atoms with Gasteiger partial charge in [0, 0.05) is 7.11 Å². The Bertz CT molecular complexity index is 367. The van der Waals surface area contributed by atoms with Gasteiger partial charge in [-0.3, -0.25) is 0 Å². The zero-order chi connectivity index (χ0) is 10.8. The quantitative estimate of drug-likeness (QED) is 0.667. The van der Waals surface area contributed by atoms with Crippen molar-refractivity contribution in [1.82, 2.24) is 0 Å².